The van der Waals surface area contributed by atoms with Gasteiger partial charge in [-0.1, -0.05) is 302 Å². The highest BCUT2D eigenvalue weighted by Crippen LogP contribution is 2.18. The second-order valence-corrected chi connectivity index (χ2v) is 19.7. The van der Waals surface area contributed by atoms with E-state index in [-0.39, 0.29) is 5.97 Å². The monoisotopic (exact) mass is 859 g/mol. The molecule has 0 atom stereocenters. The highest BCUT2D eigenvalue weighted by atomic mass is 16.5. The Labute approximate surface area is 385 Å². The second kappa shape index (κ2) is 57.2. The standard InChI is InChI=1S/C58H114O3/c1-2-3-4-5-6-7-8-9-10-31-34-37-40-43-46-49-52-55-58(60)61-57-54-51-48-45-42-39-36-33-30-28-26-24-22-20-18-16-14-12-11-13-15-17-19-21-23-25-27-29-32-35-38-41-44-47-50-53-56-59/h7-8,59H,2-6,9-57H2,1H3. The molecular weight excluding hydrogens is 745 g/mol. The lowest BCUT2D eigenvalue weighted by Crippen LogP contribution is -2.05. The van der Waals surface area contributed by atoms with Gasteiger partial charge in [-0.2, -0.15) is 0 Å². The van der Waals surface area contributed by atoms with Gasteiger partial charge in [0.05, 0.1) is 6.61 Å². The van der Waals surface area contributed by atoms with E-state index in [1.54, 1.807) is 0 Å². The minimum Gasteiger partial charge on any atom is -0.466 e. The van der Waals surface area contributed by atoms with Gasteiger partial charge in [0.2, 0.25) is 0 Å². The number of carbonyl (C=O) groups excluding carboxylic acids is 1. The SMILES string of the molecule is CCCCCCC=CCCCCCCCCCCCC(=O)OCCCCCCCCCCCCCCCCCCCCCCCCCCCCCCCCCCCCCCO. The molecule has 0 aromatic rings. The number of aliphatic hydroxyl groups excluding tert-OH is 1. The Balaban J connectivity index is 3.14. The van der Waals surface area contributed by atoms with E-state index in [0.29, 0.717) is 19.6 Å². The van der Waals surface area contributed by atoms with Crippen molar-refractivity contribution in [2.75, 3.05) is 13.2 Å². The van der Waals surface area contributed by atoms with Crippen LogP contribution in [0.5, 0.6) is 0 Å². The summed E-state index contributed by atoms with van der Waals surface area (Å²) >= 11 is 0. The largest absolute Gasteiger partial charge is 0.466 e. The summed E-state index contributed by atoms with van der Waals surface area (Å²) in [5.74, 6) is 0.0267. The van der Waals surface area contributed by atoms with E-state index in [1.165, 1.54) is 308 Å². The predicted octanol–water partition coefficient (Wildman–Crippen LogP) is 20.4. The van der Waals surface area contributed by atoms with Crippen LogP contribution in [0, 0.1) is 0 Å². The summed E-state index contributed by atoms with van der Waals surface area (Å²) in [6, 6.07) is 0. The molecule has 364 valence electrons. The number of hydrogen-bond acceptors (Lipinski definition) is 3. The maximum atomic E-state index is 12.1. The van der Waals surface area contributed by atoms with Crippen LogP contribution in [0.25, 0.3) is 0 Å². The van der Waals surface area contributed by atoms with Crippen molar-refractivity contribution in [1.82, 2.24) is 0 Å². The Morgan fingerprint density at radius 1 is 0.311 bits per heavy atom. The van der Waals surface area contributed by atoms with Gasteiger partial charge in [-0.3, -0.25) is 4.79 Å². The lowest BCUT2D eigenvalue weighted by atomic mass is 10.0. The molecule has 3 heteroatoms. The number of carbonyl (C=O) groups is 1. The molecule has 0 spiro atoms. The third-order valence-electron chi connectivity index (χ3n) is 13.5. The fraction of sp³-hybridized carbons (Fsp3) is 0.948. The number of allylic oxidation sites excluding steroid dienone is 2. The van der Waals surface area contributed by atoms with E-state index >= 15 is 0 Å². The van der Waals surface area contributed by atoms with Crippen molar-refractivity contribution >= 4 is 5.97 Å². The van der Waals surface area contributed by atoms with Crippen molar-refractivity contribution in [2.45, 2.75) is 341 Å². The molecule has 0 saturated heterocycles. The molecule has 0 rings (SSSR count). The van der Waals surface area contributed by atoms with E-state index in [2.05, 4.69) is 19.1 Å². The zero-order valence-corrected chi connectivity index (χ0v) is 42.1. The van der Waals surface area contributed by atoms with E-state index < -0.39 is 0 Å². The van der Waals surface area contributed by atoms with Gasteiger partial charge in [0.15, 0.2) is 0 Å². The first-order valence-corrected chi connectivity index (χ1v) is 28.7. The lowest BCUT2D eigenvalue weighted by Gasteiger charge is -2.06. The van der Waals surface area contributed by atoms with Crippen molar-refractivity contribution < 1.29 is 14.6 Å². The molecule has 0 aliphatic heterocycles. The van der Waals surface area contributed by atoms with E-state index in [9.17, 15) is 4.79 Å². The highest BCUT2D eigenvalue weighted by Gasteiger charge is 2.03. The van der Waals surface area contributed by atoms with Gasteiger partial charge in [-0.25, -0.2) is 0 Å². The van der Waals surface area contributed by atoms with Crippen LogP contribution >= 0.6 is 0 Å². The normalized spacial score (nSPS) is 11.7. The van der Waals surface area contributed by atoms with Gasteiger partial charge in [-0.15, -0.1) is 0 Å². The molecule has 0 fully saturated rings. The zero-order valence-electron chi connectivity index (χ0n) is 42.1. The summed E-state index contributed by atoms with van der Waals surface area (Å²) in [7, 11) is 0. The second-order valence-electron chi connectivity index (χ2n) is 19.7. The maximum Gasteiger partial charge on any atom is 0.305 e. The van der Waals surface area contributed by atoms with Crippen LogP contribution < -0.4 is 0 Å². The first-order valence-electron chi connectivity index (χ1n) is 28.7. The van der Waals surface area contributed by atoms with E-state index in [0.717, 1.165) is 19.3 Å². The first kappa shape index (κ1) is 60.2. The molecule has 0 radical (unpaired) electrons. The molecule has 3 nitrogen and oxygen atoms in total. The van der Waals surface area contributed by atoms with Crippen LogP contribution in [0.4, 0.5) is 0 Å². The van der Waals surface area contributed by atoms with Crippen molar-refractivity contribution in [3.8, 4) is 0 Å². The van der Waals surface area contributed by atoms with Crippen molar-refractivity contribution in [2.24, 2.45) is 0 Å². The van der Waals surface area contributed by atoms with Crippen LogP contribution in [0.3, 0.4) is 0 Å². The van der Waals surface area contributed by atoms with Crippen LogP contribution in [-0.4, -0.2) is 24.3 Å². The molecule has 61 heavy (non-hydrogen) atoms. The Morgan fingerprint density at radius 2 is 0.541 bits per heavy atom. The fourth-order valence-corrected chi connectivity index (χ4v) is 9.18. The van der Waals surface area contributed by atoms with Gasteiger partial charge < -0.3 is 9.84 Å². The summed E-state index contributed by atoms with van der Waals surface area (Å²) in [5, 5.41) is 8.83. The van der Waals surface area contributed by atoms with Gasteiger partial charge in [0.25, 0.3) is 0 Å². The Hall–Kier alpha value is -0.830. The maximum absolute atomic E-state index is 12.1. The third kappa shape index (κ3) is 57.2. The number of hydrogen-bond donors (Lipinski definition) is 1. The van der Waals surface area contributed by atoms with Crippen molar-refractivity contribution in [3.63, 3.8) is 0 Å². The minimum absolute atomic E-state index is 0.0267. The van der Waals surface area contributed by atoms with Crippen LogP contribution in [0.2, 0.25) is 0 Å². The highest BCUT2D eigenvalue weighted by molar-refractivity contribution is 5.69. The molecule has 0 aromatic heterocycles. The summed E-state index contributed by atoms with van der Waals surface area (Å²) in [6.07, 6.45) is 75.5. The molecule has 0 aliphatic carbocycles. The van der Waals surface area contributed by atoms with Crippen molar-refractivity contribution in [1.29, 1.82) is 0 Å². The number of rotatable bonds is 55. The number of ether oxygens (including phenoxy) is 1. The van der Waals surface area contributed by atoms with Gasteiger partial charge in [-0.05, 0) is 44.9 Å². The minimum atomic E-state index is 0.0267. The van der Waals surface area contributed by atoms with Crippen LogP contribution in [0.15, 0.2) is 12.2 Å². The molecular formula is C58H114O3. The fourth-order valence-electron chi connectivity index (χ4n) is 9.18. The lowest BCUT2D eigenvalue weighted by molar-refractivity contribution is -0.143. The molecule has 0 heterocycles. The number of esters is 1. The third-order valence-corrected chi connectivity index (χ3v) is 13.5. The van der Waals surface area contributed by atoms with Gasteiger partial charge >= 0.3 is 5.97 Å². The van der Waals surface area contributed by atoms with Crippen LogP contribution in [-0.2, 0) is 9.53 Å². The van der Waals surface area contributed by atoms with E-state index in [4.69, 9.17) is 9.84 Å². The Morgan fingerprint density at radius 3 is 0.820 bits per heavy atom. The van der Waals surface area contributed by atoms with Crippen molar-refractivity contribution in [3.05, 3.63) is 12.2 Å². The molecule has 0 saturated carbocycles. The molecule has 0 aliphatic rings. The number of aliphatic hydroxyl groups is 1. The number of unbranched alkanes of at least 4 members (excludes halogenated alkanes) is 48. The first-order chi connectivity index (χ1) is 30.3. The summed E-state index contributed by atoms with van der Waals surface area (Å²) in [5.41, 5.74) is 0. The average Bonchev–Trinajstić information content (AvgIpc) is 3.27. The van der Waals surface area contributed by atoms with E-state index in [1.807, 2.05) is 0 Å². The zero-order chi connectivity index (χ0) is 43.9. The Bertz CT molecular complexity index is 807. The quantitative estimate of drug-likeness (QED) is 0.0377. The smallest absolute Gasteiger partial charge is 0.305 e. The molecule has 1 N–H and O–H groups in total. The predicted molar refractivity (Wildman–Crippen MR) is 273 cm³/mol. The van der Waals surface area contributed by atoms with Gasteiger partial charge in [0.1, 0.15) is 0 Å². The Kier molecular flexibility index (Phi) is 56.4. The average molecular weight is 860 g/mol. The van der Waals surface area contributed by atoms with Gasteiger partial charge in [0, 0.05) is 13.0 Å². The molecule has 0 aromatic carbocycles. The summed E-state index contributed by atoms with van der Waals surface area (Å²) in [6.45, 7) is 3.28. The van der Waals surface area contributed by atoms with Crippen LogP contribution in [0.1, 0.15) is 341 Å². The topological polar surface area (TPSA) is 46.5 Å². The molecule has 0 unspecified atom stereocenters. The summed E-state index contributed by atoms with van der Waals surface area (Å²) in [4.78, 5) is 12.1. The molecule has 0 amide bonds. The molecule has 0 bridgehead atoms. The summed E-state index contributed by atoms with van der Waals surface area (Å²) < 4.78 is 5.50.